The predicted octanol–water partition coefficient (Wildman–Crippen LogP) is 2.82. The van der Waals surface area contributed by atoms with E-state index in [0.29, 0.717) is 12.1 Å². The van der Waals surface area contributed by atoms with Crippen LogP contribution in [0, 0.1) is 11.3 Å². The Morgan fingerprint density at radius 2 is 2.11 bits per heavy atom. The number of nitrogens with one attached hydrogen (secondary N) is 1. The van der Waals surface area contributed by atoms with Crippen LogP contribution in [0.15, 0.2) is 0 Å². The first-order chi connectivity index (χ1) is 9.26. The van der Waals surface area contributed by atoms with Gasteiger partial charge >= 0.3 is 0 Å². The van der Waals surface area contributed by atoms with Gasteiger partial charge in [-0.15, -0.1) is 0 Å². The molecule has 0 aromatic carbocycles. The summed E-state index contributed by atoms with van der Waals surface area (Å²) in [5.74, 6) is 0. The molecule has 19 heavy (non-hydrogen) atoms. The fraction of sp³-hybridized carbons (Fsp3) is 0.938. The Hall–Kier alpha value is -0.590. The fourth-order valence-corrected chi connectivity index (χ4v) is 4.19. The minimum atomic E-state index is -0.217. The largest absolute Gasteiger partial charge is 0.297 e. The summed E-state index contributed by atoms with van der Waals surface area (Å²) in [6.07, 6.45) is 11.2. The summed E-state index contributed by atoms with van der Waals surface area (Å²) in [4.78, 5) is 2.72. The van der Waals surface area contributed by atoms with Gasteiger partial charge in [-0.05, 0) is 64.3 Å². The molecule has 0 aromatic heterocycles. The molecule has 0 amide bonds. The van der Waals surface area contributed by atoms with Gasteiger partial charge in [-0.1, -0.05) is 6.92 Å². The average molecular weight is 261 g/mol. The van der Waals surface area contributed by atoms with Gasteiger partial charge in [0.1, 0.15) is 5.54 Å². The molecule has 3 nitrogen and oxygen atoms in total. The molecule has 3 unspecified atom stereocenters. The number of hydrogen-bond acceptors (Lipinski definition) is 3. The molecule has 3 rings (SSSR count). The van der Waals surface area contributed by atoms with Crippen LogP contribution in [-0.2, 0) is 0 Å². The normalized spacial score (nSPS) is 40.2. The van der Waals surface area contributed by atoms with E-state index in [-0.39, 0.29) is 5.54 Å². The van der Waals surface area contributed by atoms with Gasteiger partial charge in [0.05, 0.1) is 6.07 Å². The molecule has 2 aliphatic carbocycles. The third-order valence-electron chi connectivity index (χ3n) is 5.36. The second-order valence-corrected chi connectivity index (χ2v) is 6.80. The molecule has 0 radical (unpaired) electrons. The molecule has 3 atom stereocenters. The van der Waals surface area contributed by atoms with Crippen LogP contribution in [0.4, 0.5) is 0 Å². The molecule has 3 aliphatic rings. The summed E-state index contributed by atoms with van der Waals surface area (Å²) in [7, 11) is 0. The van der Waals surface area contributed by atoms with Gasteiger partial charge in [-0.25, -0.2) is 0 Å². The van der Waals surface area contributed by atoms with E-state index >= 15 is 0 Å². The van der Waals surface area contributed by atoms with Gasteiger partial charge in [0.2, 0.25) is 0 Å². The van der Waals surface area contributed by atoms with Crippen LogP contribution in [-0.4, -0.2) is 35.1 Å². The summed E-state index contributed by atoms with van der Waals surface area (Å²) < 4.78 is 0. The minimum Gasteiger partial charge on any atom is -0.297 e. The van der Waals surface area contributed by atoms with Crippen molar-refractivity contribution in [2.24, 2.45) is 0 Å². The van der Waals surface area contributed by atoms with Gasteiger partial charge in [0.15, 0.2) is 0 Å². The zero-order valence-electron chi connectivity index (χ0n) is 12.2. The first kappa shape index (κ1) is 13.4. The van der Waals surface area contributed by atoms with E-state index < -0.39 is 0 Å². The molecule has 1 saturated heterocycles. The van der Waals surface area contributed by atoms with E-state index in [1.54, 1.807) is 0 Å². The monoisotopic (exact) mass is 261 g/mol. The van der Waals surface area contributed by atoms with Crippen molar-refractivity contribution in [2.75, 3.05) is 6.54 Å². The lowest BCUT2D eigenvalue weighted by Gasteiger charge is -2.42. The average Bonchev–Trinajstić information content (AvgIpc) is 3.11. The van der Waals surface area contributed by atoms with Crippen LogP contribution in [0.25, 0.3) is 0 Å². The number of rotatable bonds is 4. The lowest BCUT2D eigenvalue weighted by Crippen LogP contribution is -2.54. The van der Waals surface area contributed by atoms with E-state index in [9.17, 15) is 5.26 Å². The number of nitrogens with zero attached hydrogens (tertiary/aromatic N) is 2. The highest BCUT2D eigenvalue weighted by molar-refractivity contribution is 5.14. The molecular formula is C16H27N3. The topological polar surface area (TPSA) is 39.1 Å². The van der Waals surface area contributed by atoms with Crippen molar-refractivity contribution in [1.29, 1.82) is 5.26 Å². The third-order valence-corrected chi connectivity index (χ3v) is 5.36. The second kappa shape index (κ2) is 5.42. The molecule has 0 spiro atoms. The van der Waals surface area contributed by atoms with Gasteiger partial charge < -0.3 is 0 Å². The summed E-state index contributed by atoms with van der Waals surface area (Å²) in [6.45, 7) is 3.57. The Balaban J connectivity index is 1.67. The van der Waals surface area contributed by atoms with E-state index in [0.717, 1.165) is 18.9 Å². The summed E-state index contributed by atoms with van der Waals surface area (Å²) in [5, 5.41) is 13.3. The third kappa shape index (κ3) is 2.80. The highest BCUT2D eigenvalue weighted by Gasteiger charge is 2.43. The van der Waals surface area contributed by atoms with Gasteiger partial charge in [-0.3, -0.25) is 10.2 Å². The Morgan fingerprint density at radius 1 is 1.26 bits per heavy atom. The molecule has 0 aromatic rings. The van der Waals surface area contributed by atoms with Crippen LogP contribution in [0.5, 0.6) is 0 Å². The van der Waals surface area contributed by atoms with Crippen molar-refractivity contribution in [3.63, 3.8) is 0 Å². The summed E-state index contributed by atoms with van der Waals surface area (Å²) in [5.41, 5.74) is -0.217. The highest BCUT2D eigenvalue weighted by atomic mass is 15.2. The Bertz CT molecular complexity index is 357. The van der Waals surface area contributed by atoms with Crippen LogP contribution in [0.2, 0.25) is 0 Å². The fourth-order valence-electron chi connectivity index (χ4n) is 4.19. The Kier molecular flexibility index (Phi) is 3.82. The van der Waals surface area contributed by atoms with E-state index in [2.05, 4.69) is 23.2 Å². The molecule has 1 aliphatic heterocycles. The molecular weight excluding hydrogens is 234 g/mol. The summed E-state index contributed by atoms with van der Waals surface area (Å²) in [6, 6.07) is 4.70. The maximum absolute atomic E-state index is 9.67. The van der Waals surface area contributed by atoms with Gasteiger partial charge in [0, 0.05) is 18.1 Å². The lowest BCUT2D eigenvalue weighted by atomic mass is 9.79. The van der Waals surface area contributed by atoms with Crippen molar-refractivity contribution in [2.45, 2.75) is 88.4 Å². The molecule has 3 fully saturated rings. The van der Waals surface area contributed by atoms with Crippen molar-refractivity contribution in [1.82, 2.24) is 10.2 Å². The van der Waals surface area contributed by atoms with Gasteiger partial charge in [0.25, 0.3) is 0 Å². The molecule has 1 heterocycles. The van der Waals surface area contributed by atoms with E-state index in [4.69, 9.17) is 0 Å². The molecule has 106 valence electrons. The first-order valence-electron chi connectivity index (χ1n) is 8.21. The number of nitriles is 1. The van der Waals surface area contributed by atoms with E-state index in [1.807, 2.05) is 0 Å². The maximum atomic E-state index is 9.67. The zero-order valence-corrected chi connectivity index (χ0v) is 12.2. The standard InChI is InChI=1S/C16H27N3/c1-2-14-6-4-10-19(14)15-5-3-9-16(11-15,12-17)18-13-7-8-13/h13-15,18H,2-11H2,1H3. The molecule has 1 N–H and O–H groups in total. The predicted molar refractivity (Wildman–Crippen MR) is 76.8 cm³/mol. The molecule has 0 bridgehead atoms. The quantitative estimate of drug-likeness (QED) is 0.846. The van der Waals surface area contributed by atoms with Crippen LogP contribution in [0.1, 0.15) is 64.7 Å². The van der Waals surface area contributed by atoms with E-state index in [1.165, 1.54) is 51.5 Å². The zero-order chi connectivity index (χ0) is 13.3. The van der Waals surface area contributed by atoms with Crippen molar-refractivity contribution in [3.05, 3.63) is 0 Å². The maximum Gasteiger partial charge on any atom is 0.108 e. The smallest absolute Gasteiger partial charge is 0.108 e. The van der Waals surface area contributed by atoms with Crippen LogP contribution < -0.4 is 5.32 Å². The van der Waals surface area contributed by atoms with Crippen molar-refractivity contribution < 1.29 is 0 Å². The van der Waals surface area contributed by atoms with Crippen LogP contribution in [0.3, 0.4) is 0 Å². The molecule has 3 heteroatoms. The second-order valence-electron chi connectivity index (χ2n) is 6.80. The van der Waals surface area contributed by atoms with Crippen molar-refractivity contribution in [3.8, 4) is 6.07 Å². The van der Waals surface area contributed by atoms with Crippen LogP contribution >= 0.6 is 0 Å². The Labute approximate surface area is 117 Å². The lowest BCUT2D eigenvalue weighted by molar-refractivity contribution is 0.106. The molecule has 2 saturated carbocycles. The summed E-state index contributed by atoms with van der Waals surface area (Å²) >= 11 is 0. The highest BCUT2D eigenvalue weighted by Crippen LogP contribution is 2.37. The van der Waals surface area contributed by atoms with Crippen molar-refractivity contribution >= 4 is 0 Å². The minimum absolute atomic E-state index is 0.217. The Morgan fingerprint density at radius 3 is 2.79 bits per heavy atom. The number of hydrogen-bond donors (Lipinski definition) is 1. The number of likely N-dealkylation sites (tertiary alicyclic amines) is 1. The van der Waals surface area contributed by atoms with Gasteiger partial charge in [-0.2, -0.15) is 5.26 Å². The SMILES string of the molecule is CCC1CCCN1C1CCCC(C#N)(NC2CC2)C1. The first-order valence-corrected chi connectivity index (χ1v) is 8.21.